The Morgan fingerprint density at radius 3 is 2.30 bits per heavy atom. The standard InChI is InChI=1S/C5H8O5/c6-2-1-10-4(3(2)7)5(8)9/h2-4,6-7H,1H2,(H,8,9)/t2-,3-,4-/m0/s1. The van der Waals surface area contributed by atoms with Crippen LogP contribution in [0.4, 0.5) is 0 Å². The summed E-state index contributed by atoms with van der Waals surface area (Å²) in [6, 6.07) is 0. The number of carboxylic acid groups (broad SMARTS) is 1. The quantitative estimate of drug-likeness (QED) is 0.408. The van der Waals surface area contributed by atoms with Crippen molar-refractivity contribution >= 4 is 5.97 Å². The molecule has 1 fully saturated rings. The van der Waals surface area contributed by atoms with Gasteiger partial charge in [-0.1, -0.05) is 0 Å². The highest BCUT2D eigenvalue weighted by Gasteiger charge is 2.39. The third-order valence-corrected chi connectivity index (χ3v) is 1.39. The fraction of sp³-hybridized carbons (Fsp3) is 0.800. The van der Waals surface area contributed by atoms with Gasteiger partial charge in [-0.15, -0.1) is 0 Å². The first-order valence-electron chi connectivity index (χ1n) is 2.83. The second-order valence-electron chi connectivity index (χ2n) is 2.15. The zero-order chi connectivity index (χ0) is 7.72. The molecule has 0 aliphatic carbocycles. The van der Waals surface area contributed by atoms with Gasteiger partial charge in [-0.25, -0.2) is 4.79 Å². The SMILES string of the molecule is O=C(O)[C@H]1OC[C@H](O)[C@@H]1O. The first kappa shape index (κ1) is 7.46. The molecule has 1 saturated heterocycles. The van der Waals surface area contributed by atoms with E-state index in [2.05, 4.69) is 4.74 Å². The molecule has 58 valence electrons. The number of ether oxygens (including phenoxy) is 1. The lowest BCUT2D eigenvalue weighted by Crippen LogP contribution is -2.35. The van der Waals surface area contributed by atoms with Crippen LogP contribution in [-0.2, 0) is 9.53 Å². The smallest absolute Gasteiger partial charge is 0.335 e. The van der Waals surface area contributed by atoms with Gasteiger partial charge in [0.1, 0.15) is 12.2 Å². The molecule has 10 heavy (non-hydrogen) atoms. The van der Waals surface area contributed by atoms with Gasteiger partial charge >= 0.3 is 5.97 Å². The van der Waals surface area contributed by atoms with E-state index in [-0.39, 0.29) is 6.61 Å². The van der Waals surface area contributed by atoms with Crippen molar-refractivity contribution in [3.05, 3.63) is 0 Å². The molecule has 0 unspecified atom stereocenters. The van der Waals surface area contributed by atoms with E-state index in [0.717, 1.165) is 0 Å². The highest BCUT2D eigenvalue weighted by Crippen LogP contribution is 2.13. The molecule has 0 amide bonds. The first-order valence-corrected chi connectivity index (χ1v) is 2.83. The highest BCUT2D eigenvalue weighted by molar-refractivity contribution is 5.73. The minimum Gasteiger partial charge on any atom is -0.479 e. The average molecular weight is 148 g/mol. The first-order chi connectivity index (χ1) is 4.63. The summed E-state index contributed by atoms with van der Waals surface area (Å²) < 4.78 is 4.54. The fourth-order valence-electron chi connectivity index (χ4n) is 0.819. The van der Waals surface area contributed by atoms with E-state index in [0.29, 0.717) is 0 Å². The molecule has 0 aromatic carbocycles. The lowest BCUT2D eigenvalue weighted by atomic mass is 10.1. The van der Waals surface area contributed by atoms with Gasteiger partial charge in [0, 0.05) is 0 Å². The number of carbonyl (C=O) groups is 1. The predicted octanol–water partition coefficient (Wildman–Crippen LogP) is -1.81. The minimum atomic E-state index is -1.29. The van der Waals surface area contributed by atoms with Gasteiger partial charge in [-0.05, 0) is 0 Å². The lowest BCUT2D eigenvalue weighted by molar-refractivity contribution is -0.151. The topological polar surface area (TPSA) is 87.0 Å². The van der Waals surface area contributed by atoms with Crippen LogP contribution in [0.1, 0.15) is 0 Å². The molecule has 3 N–H and O–H groups in total. The zero-order valence-corrected chi connectivity index (χ0v) is 5.10. The number of hydrogen-bond acceptors (Lipinski definition) is 4. The molecule has 5 nitrogen and oxygen atoms in total. The van der Waals surface area contributed by atoms with Crippen molar-refractivity contribution in [3.63, 3.8) is 0 Å². The summed E-state index contributed by atoms with van der Waals surface area (Å²) in [7, 11) is 0. The molecule has 5 heteroatoms. The molecule has 0 bridgehead atoms. The number of aliphatic carboxylic acids is 1. The van der Waals surface area contributed by atoms with E-state index < -0.39 is 24.3 Å². The van der Waals surface area contributed by atoms with Gasteiger partial charge in [0.2, 0.25) is 0 Å². The number of aliphatic hydroxyl groups is 2. The largest absolute Gasteiger partial charge is 0.479 e. The van der Waals surface area contributed by atoms with E-state index in [1.54, 1.807) is 0 Å². The number of rotatable bonds is 1. The normalized spacial score (nSPS) is 40.0. The molecule has 0 aromatic heterocycles. The van der Waals surface area contributed by atoms with Crippen LogP contribution in [0, 0.1) is 0 Å². The van der Waals surface area contributed by atoms with E-state index in [9.17, 15) is 4.79 Å². The summed E-state index contributed by atoms with van der Waals surface area (Å²) in [5.74, 6) is -1.25. The molecular formula is C5H8O5. The van der Waals surface area contributed by atoms with Crippen LogP contribution in [0.3, 0.4) is 0 Å². The lowest BCUT2D eigenvalue weighted by Gasteiger charge is -2.08. The molecule has 0 spiro atoms. The summed E-state index contributed by atoms with van der Waals surface area (Å²) in [6.07, 6.45) is -3.63. The Labute approximate surface area is 56.9 Å². The molecule has 1 aliphatic heterocycles. The molecule has 1 heterocycles. The Morgan fingerprint density at radius 2 is 2.10 bits per heavy atom. The van der Waals surface area contributed by atoms with Crippen LogP contribution in [0.2, 0.25) is 0 Å². The Hall–Kier alpha value is -0.650. The van der Waals surface area contributed by atoms with E-state index in [4.69, 9.17) is 15.3 Å². The third kappa shape index (κ3) is 1.11. The predicted molar refractivity (Wildman–Crippen MR) is 29.4 cm³/mol. The average Bonchev–Trinajstić information content (AvgIpc) is 2.14. The minimum absolute atomic E-state index is 0.113. The fourth-order valence-corrected chi connectivity index (χ4v) is 0.819. The molecule has 1 aliphatic rings. The van der Waals surface area contributed by atoms with Crippen molar-refractivity contribution in [1.29, 1.82) is 0 Å². The van der Waals surface area contributed by atoms with E-state index in [1.807, 2.05) is 0 Å². The Bertz CT molecular complexity index is 145. The van der Waals surface area contributed by atoms with E-state index >= 15 is 0 Å². The molecule has 3 atom stereocenters. The number of hydrogen-bond donors (Lipinski definition) is 3. The second kappa shape index (κ2) is 2.53. The Kier molecular flexibility index (Phi) is 1.89. The van der Waals surface area contributed by atoms with Crippen molar-refractivity contribution in [3.8, 4) is 0 Å². The van der Waals surface area contributed by atoms with Crippen molar-refractivity contribution < 1.29 is 24.9 Å². The Balaban J connectivity index is 2.57. The zero-order valence-electron chi connectivity index (χ0n) is 5.10. The second-order valence-corrected chi connectivity index (χ2v) is 2.15. The van der Waals surface area contributed by atoms with E-state index in [1.165, 1.54) is 0 Å². The van der Waals surface area contributed by atoms with Crippen molar-refractivity contribution in [2.75, 3.05) is 6.61 Å². The summed E-state index contributed by atoms with van der Waals surface area (Å²) in [5.41, 5.74) is 0. The molecule has 0 saturated carbocycles. The monoisotopic (exact) mass is 148 g/mol. The van der Waals surface area contributed by atoms with Crippen LogP contribution < -0.4 is 0 Å². The Morgan fingerprint density at radius 1 is 1.50 bits per heavy atom. The molecule has 1 rings (SSSR count). The molecule has 0 aromatic rings. The van der Waals surface area contributed by atoms with Gasteiger partial charge in [0.15, 0.2) is 6.10 Å². The summed E-state index contributed by atoms with van der Waals surface area (Å²) in [4.78, 5) is 10.2. The maximum Gasteiger partial charge on any atom is 0.335 e. The van der Waals surface area contributed by atoms with Crippen molar-refractivity contribution in [2.45, 2.75) is 18.3 Å². The van der Waals surface area contributed by atoms with Crippen LogP contribution in [0.15, 0.2) is 0 Å². The van der Waals surface area contributed by atoms with Gasteiger partial charge in [0.25, 0.3) is 0 Å². The molecule has 0 radical (unpaired) electrons. The van der Waals surface area contributed by atoms with Crippen LogP contribution in [0.25, 0.3) is 0 Å². The third-order valence-electron chi connectivity index (χ3n) is 1.39. The summed E-state index contributed by atoms with van der Waals surface area (Å²) in [5, 5.41) is 26.0. The van der Waals surface area contributed by atoms with Crippen molar-refractivity contribution in [2.24, 2.45) is 0 Å². The summed E-state index contributed by atoms with van der Waals surface area (Å²) >= 11 is 0. The van der Waals surface area contributed by atoms with Crippen LogP contribution in [0.5, 0.6) is 0 Å². The van der Waals surface area contributed by atoms with Gasteiger partial charge in [-0.2, -0.15) is 0 Å². The van der Waals surface area contributed by atoms with Crippen LogP contribution in [-0.4, -0.2) is 46.2 Å². The van der Waals surface area contributed by atoms with Gasteiger partial charge in [-0.3, -0.25) is 0 Å². The maximum atomic E-state index is 10.2. The molecular weight excluding hydrogens is 140 g/mol. The van der Waals surface area contributed by atoms with Crippen molar-refractivity contribution in [1.82, 2.24) is 0 Å². The highest BCUT2D eigenvalue weighted by atomic mass is 16.6. The van der Waals surface area contributed by atoms with Gasteiger partial charge < -0.3 is 20.1 Å². The van der Waals surface area contributed by atoms with Crippen LogP contribution >= 0.6 is 0 Å². The maximum absolute atomic E-state index is 10.2. The summed E-state index contributed by atoms with van der Waals surface area (Å²) in [6.45, 7) is -0.113. The number of aliphatic hydroxyl groups excluding tert-OH is 2. The van der Waals surface area contributed by atoms with Gasteiger partial charge in [0.05, 0.1) is 6.61 Å². The number of carboxylic acids is 1.